The molecule has 31 heavy (non-hydrogen) atoms. The van der Waals surface area contributed by atoms with E-state index < -0.39 is 0 Å². The molecule has 1 aliphatic rings. The Balaban J connectivity index is 0.000000330. The van der Waals surface area contributed by atoms with Crippen molar-refractivity contribution in [1.82, 2.24) is 9.61 Å². The van der Waals surface area contributed by atoms with E-state index in [-0.39, 0.29) is 0 Å². The monoisotopic (exact) mass is 420 g/mol. The van der Waals surface area contributed by atoms with Gasteiger partial charge in [-0.3, -0.25) is 0 Å². The highest BCUT2D eigenvalue weighted by Gasteiger charge is 2.17. The Bertz CT molecular complexity index is 1030. The molecule has 4 rings (SSSR count). The third kappa shape index (κ3) is 5.28. The Kier molecular flexibility index (Phi) is 7.74. The summed E-state index contributed by atoms with van der Waals surface area (Å²) in [6, 6.07) is 12.2. The van der Waals surface area contributed by atoms with Gasteiger partial charge in [-0.2, -0.15) is 10.4 Å². The van der Waals surface area contributed by atoms with Crippen molar-refractivity contribution in [3.8, 4) is 11.8 Å². The van der Waals surface area contributed by atoms with Gasteiger partial charge >= 0.3 is 0 Å². The Morgan fingerprint density at radius 3 is 2.42 bits per heavy atom. The molecule has 0 radical (unpaired) electrons. The fourth-order valence-electron chi connectivity index (χ4n) is 3.89. The van der Waals surface area contributed by atoms with Crippen molar-refractivity contribution in [2.45, 2.75) is 58.4 Å². The van der Waals surface area contributed by atoms with E-state index in [1.165, 1.54) is 32.1 Å². The van der Waals surface area contributed by atoms with Crippen LogP contribution in [0.3, 0.4) is 0 Å². The highest BCUT2D eigenvalue weighted by Crippen LogP contribution is 2.32. The molecule has 0 aliphatic heterocycles. The second-order valence-corrected chi connectivity index (χ2v) is 7.69. The number of hydrogen-bond acceptors (Lipinski definition) is 6. The zero-order valence-corrected chi connectivity index (χ0v) is 18.4. The molecule has 0 bridgehead atoms. The molecule has 1 aromatic carbocycles. The molecule has 1 aliphatic carbocycles. The van der Waals surface area contributed by atoms with E-state index >= 15 is 0 Å². The highest BCUT2D eigenvalue weighted by atomic mass is 16.5. The molecular weight excluding hydrogens is 388 g/mol. The van der Waals surface area contributed by atoms with Gasteiger partial charge in [0, 0.05) is 17.3 Å². The number of ether oxygens (including phenoxy) is 1. The maximum Gasteiger partial charge on any atom is 0.137 e. The number of nitriles is 1. The standard InChI is InChI=1S/C18H19N5O.C6H13N/c1-3-14-17(20)15(11-19)16-9-10-21-23(16)18(14)22-12-5-7-13(8-6-12)24-4-2;7-6-4-2-1-3-5-6/h5-10,22H,3-4,20H2,1-2H3;6H,1-5,7H2. The highest BCUT2D eigenvalue weighted by molar-refractivity contribution is 5.81. The zero-order valence-electron chi connectivity index (χ0n) is 18.4. The minimum atomic E-state index is 0.460. The van der Waals surface area contributed by atoms with Gasteiger partial charge < -0.3 is 21.5 Å². The molecule has 1 saturated carbocycles. The number of anilines is 3. The summed E-state index contributed by atoms with van der Waals surface area (Å²) in [5.74, 6) is 1.60. The van der Waals surface area contributed by atoms with Crippen LogP contribution in [-0.4, -0.2) is 22.3 Å². The second-order valence-electron chi connectivity index (χ2n) is 7.69. The fourth-order valence-corrected chi connectivity index (χ4v) is 3.89. The molecule has 5 N–H and O–H groups in total. The number of fused-ring (bicyclic) bond motifs is 1. The summed E-state index contributed by atoms with van der Waals surface area (Å²) in [6.07, 6.45) is 9.02. The van der Waals surface area contributed by atoms with Crippen LogP contribution in [0, 0.1) is 11.3 Å². The van der Waals surface area contributed by atoms with Crippen molar-refractivity contribution in [3.05, 3.63) is 47.7 Å². The van der Waals surface area contributed by atoms with Crippen LogP contribution in [-0.2, 0) is 6.42 Å². The molecule has 0 amide bonds. The van der Waals surface area contributed by atoms with Gasteiger partial charge in [-0.15, -0.1) is 0 Å². The second kappa shape index (κ2) is 10.7. The SMILES string of the molecule is CCOc1ccc(Nc2c(CC)c(N)c(C#N)c3ccnn23)cc1.NC1CCCCC1. The van der Waals surface area contributed by atoms with Gasteiger partial charge in [0.05, 0.1) is 24.0 Å². The topological polar surface area (TPSA) is 114 Å². The summed E-state index contributed by atoms with van der Waals surface area (Å²) < 4.78 is 7.19. The van der Waals surface area contributed by atoms with Crippen LogP contribution in [0.4, 0.5) is 17.2 Å². The lowest BCUT2D eigenvalue weighted by Crippen LogP contribution is -2.22. The molecule has 2 heterocycles. The molecule has 0 spiro atoms. The van der Waals surface area contributed by atoms with Gasteiger partial charge in [0.25, 0.3) is 0 Å². The van der Waals surface area contributed by atoms with Crippen LogP contribution >= 0.6 is 0 Å². The van der Waals surface area contributed by atoms with Crippen LogP contribution in [0.2, 0.25) is 0 Å². The van der Waals surface area contributed by atoms with Crippen LogP contribution in [0.25, 0.3) is 5.52 Å². The Hall–Kier alpha value is -3.24. The first-order valence-electron chi connectivity index (χ1n) is 11.0. The number of nitrogens with two attached hydrogens (primary N) is 2. The Labute approximate surface area is 184 Å². The zero-order chi connectivity index (χ0) is 22.2. The van der Waals surface area contributed by atoms with Gasteiger partial charge in [0.2, 0.25) is 0 Å². The van der Waals surface area contributed by atoms with Gasteiger partial charge in [0.1, 0.15) is 23.2 Å². The summed E-state index contributed by atoms with van der Waals surface area (Å²) in [6.45, 7) is 4.59. The van der Waals surface area contributed by atoms with Crippen molar-refractivity contribution in [1.29, 1.82) is 5.26 Å². The van der Waals surface area contributed by atoms with Crippen LogP contribution in [0.15, 0.2) is 36.5 Å². The Morgan fingerprint density at radius 2 is 1.87 bits per heavy atom. The minimum absolute atomic E-state index is 0.460. The first-order chi connectivity index (χ1) is 15.1. The Morgan fingerprint density at radius 1 is 1.16 bits per heavy atom. The number of benzene rings is 1. The van der Waals surface area contributed by atoms with Crippen molar-refractivity contribution in [2.75, 3.05) is 17.7 Å². The van der Waals surface area contributed by atoms with Crippen LogP contribution in [0.1, 0.15) is 57.1 Å². The third-order valence-corrected chi connectivity index (χ3v) is 5.53. The molecular formula is C24H32N6O. The van der Waals surface area contributed by atoms with Crippen LogP contribution in [0.5, 0.6) is 5.75 Å². The molecule has 0 atom stereocenters. The maximum atomic E-state index is 9.41. The van der Waals surface area contributed by atoms with Gasteiger partial charge in [-0.25, -0.2) is 4.52 Å². The largest absolute Gasteiger partial charge is 0.494 e. The molecule has 7 nitrogen and oxygen atoms in total. The number of pyridine rings is 1. The van der Waals surface area contributed by atoms with E-state index in [2.05, 4.69) is 16.5 Å². The average molecular weight is 421 g/mol. The van der Waals surface area contributed by atoms with Crippen LogP contribution < -0.4 is 21.5 Å². The lowest BCUT2D eigenvalue weighted by atomic mass is 9.97. The van der Waals surface area contributed by atoms with E-state index in [4.69, 9.17) is 16.2 Å². The number of nitrogens with one attached hydrogen (secondary N) is 1. The first kappa shape index (κ1) is 22.4. The van der Waals surface area contributed by atoms with E-state index in [9.17, 15) is 5.26 Å². The molecule has 0 unspecified atom stereocenters. The molecule has 1 fully saturated rings. The summed E-state index contributed by atoms with van der Waals surface area (Å²) in [5, 5.41) is 17.1. The van der Waals surface area contributed by atoms with Crippen molar-refractivity contribution < 1.29 is 4.74 Å². The van der Waals surface area contributed by atoms with Gasteiger partial charge in [0.15, 0.2) is 0 Å². The van der Waals surface area contributed by atoms with Gasteiger partial charge in [-0.1, -0.05) is 26.2 Å². The van der Waals surface area contributed by atoms with E-state index in [1.807, 2.05) is 38.1 Å². The molecule has 0 saturated heterocycles. The van der Waals surface area contributed by atoms with Crippen molar-refractivity contribution >= 4 is 22.7 Å². The minimum Gasteiger partial charge on any atom is -0.494 e. The summed E-state index contributed by atoms with van der Waals surface area (Å²) in [5.41, 5.74) is 15.3. The van der Waals surface area contributed by atoms with E-state index in [0.717, 1.165) is 22.8 Å². The number of nitrogens with zero attached hydrogens (tertiary/aromatic N) is 3. The number of hydrogen-bond donors (Lipinski definition) is 3. The molecule has 2 aromatic heterocycles. The van der Waals surface area contributed by atoms with E-state index in [0.29, 0.717) is 35.8 Å². The smallest absolute Gasteiger partial charge is 0.137 e. The predicted octanol–water partition coefficient (Wildman–Crippen LogP) is 4.77. The van der Waals surface area contributed by atoms with E-state index in [1.54, 1.807) is 16.8 Å². The first-order valence-corrected chi connectivity index (χ1v) is 11.0. The van der Waals surface area contributed by atoms with Gasteiger partial charge in [-0.05, 0) is 56.5 Å². The molecule has 164 valence electrons. The molecule has 7 heteroatoms. The summed E-state index contributed by atoms with van der Waals surface area (Å²) >= 11 is 0. The summed E-state index contributed by atoms with van der Waals surface area (Å²) in [4.78, 5) is 0. The third-order valence-electron chi connectivity index (χ3n) is 5.53. The molecule has 3 aromatic rings. The predicted molar refractivity (Wildman–Crippen MR) is 126 cm³/mol. The number of rotatable bonds is 5. The number of aromatic nitrogens is 2. The number of nitrogen functional groups attached to an aromatic ring is 1. The normalized spacial score (nSPS) is 13.9. The lowest BCUT2D eigenvalue weighted by molar-refractivity contribution is 0.340. The van der Waals surface area contributed by atoms with Crippen molar-refractivity contribution in [2.24, 2.45) is 5.73 Å². The van der Waals surface area contributed by atoms with Crippen molar-refractivity contribution in [3.63, 3.8) is 0 Å². The fraction of sp³-hybridized carbons (Fsp3) is 0.417. The quantitative estimate of drug-likeness (QED) is 0.548. The maximum absolute atomic E-state index is 9.41. The average Bonchev–Trinajstić information content (AvgIpc) is 3.26. The lowest BCUT2D eigenvalue weighted by Gasteiger charge is -2.17. The summed E-state index contributed by atoms with van der Waals surface area (Å²) in [7, 11) is 0.